The van der Waals surface area contributed by atoms with Crippen molar-refractivity contribution < 1.29 is 4.74 Å². The van der Waals surface area contributed by atoms with Gasteiger partial charge in [-0.1, -0.05) is 20.3 Å². The molecule has 102 valence electrons. The van der Waals surface area contributed by atoms with E-state index in [0.717, 1.165) is 32.1 Å². The Morgan fingerprint density at radius 3 is 2.56 bits per heavy atom. The molecule has 5 nitrogen and oxygen atoms in total. The molecule has 0 unspecified atom stereocenters. The van der Waals surface area contributed by atoms with Crippen LogP contribution >= 0.6 is 0 Å². The van der Waals surface area contributed by atoms with Crippen LogP contribution < -0.4 is 15.0 Å². The van der Waals surface area contributed by atoms with Crippen molar-refractivity contribution in [1.29, 1.82) is 0 Å². The van der Waals surface area contributed by atoms with Crippen LogP contribution in [0.1, 0.15) is 27.2 Å². The molecular weight excluding hydrogens is 228 g/mol. The second-order valence-electron chi connectivity index (χ2n) is 4.07. The van der Waals surface area contributed by atoms with Crippen LogP contribution in [0.5, 0.6) is 5.88 Å². The molecule has 1 aliphatic rings. The average molecular weight is 252 g/mol. The molecule has 1 aromatic rings. The van der Waals surface area contributed by atoms with Crippen LogP contribution in [0, 0.1) is 0 Å². The van der Waals surface area contributed by atoms with Gasteiger partial charge in [-0.15, -0.1) is 0 Å². The summed E-state index contributed by atoms with van der Waals surface area (Å²) in [6, 6.07) is 1.79. The van der Waals surface area contributed by atoms with Crippen LogP contribution in [0.25, 0.3) is 0 Å². The molecule has 5 heteroatoms. The van der Waals surface area contributed by atoms with Crippen LogP contribution in [-0.2, 0) is 0 Å². The summed E-state index contributed by atoms with van der Waals surface area (Å²) in [5, 5.41) is 3.30. The zero-order chi connectivity index (χ0) is 13.2. The molecule has 0 saturated carbocycles. The smallest absolute Gasteiger partial charge is 0.228 e. The first-order chi connectivity index (χ1) is 8.81. The molecular formula is C13H24N4O. The van der Waals surface area contributed by atoms with Gasteiger partial charge in [-0.2, -0.15) is 4.98 Å². The molecule has 0 bridgehead atoms. The first-order valence-electron chi connectivity index (χ1n) is 6.73. The molecule has 0 atom stereocenters. The maximum atomic E-state index is 5.34. The van der Waals surface area contributed by atoms with Gasteiger partial charge in [0.15, 0.2) is 0 Å². The van der Waals surface area contributed by atoms with Crippen molar-refractivity contribution in [2.24, 2.45) is 0 Å². The third-order valence-corrected chi connectivity index (χ3v) is 2.31. The summed E-state index contributed by atoms with van der Waals surface area (Å²) in [6.07, 6.45) is 3.00. The molecule has 2 heterocycles. The van der Waals surface area contributed by atoms with Crippen LogP contribution in [0.4, 0.5) is 5.95 Å². The van der Waals surface area contributed by atoms with E-state index in [1.807, 2.05) is 6.92 Å². The van der Waals surface area contributed by atoms with Gasteiger partial charge in [0.05, 0.1) is 6.61 Å². The Balaban J connectivity index is 0.000000492. The van der Waals surface area contributed by atoms with E-state index in [0.29, 0.717) is 12.5 Å². The van der Waals surface area contributed by atoms with Crippen molar-refractivity contribution in [1.82, 2.24) is 15.3 Å². The fraction of sp³-hybridized carbons (Fsp3) is 0.692. The lowest BCUT2D eigenvalue weighted by Crippen LogP contribution is -2.44. The monoisotopic (exact) mass is 252 g/mol. The molecule has 0 radical (unpaired) electrons. The van der Waals surface area contributed by atoms with Gasteiger partial charge in [-0.05, 0) is 6.92 Å². The molecule has 1 aliphatic heterocycles. The topological polar surface area (TPSA) is 50.3 Å². The quantitative estimate of drug-likeness (QED) is 0.887. The number of aromatic nitrogens is 2. The number of hydrogen-bond donors (Lipinski definition) is 1. The van der Waals surface area contributed by atoms with Crippen LogP contribution in [0.15, 0.2) is 12.3 Å². The third-order valence-electron chi connectivity index (χ3n) is 2.31. The molecule has 1 aromatic heterocycles. The molecule has 18 heavy (non-hydrogen) atoms. The first kappa shape index (κ1) is 14.7. The van der Waals surface area contributed by atoms with Gasteiger partial charge in [0, 0.05) is 38.4 Å². The van der Waals surface area contributed by atoms with Gasteiger partial charge >= 0.3 is 0 Å². The molecule has 2 rings (SSSR count). The van der Waals surface area contributed by atoms with Gasteiger partial charge < -0.3 is 15.0 Å². The summed E-state index contributed by atoms with van der Waals surface area (Å²) in [7, 11) is 0. The van der Waals surface area contributed by atoms with E-state index in [-0.39, 0.29) is 0 Å². The molecule has 0 spiro atoms. The Morgan fingerprint density at radius 2 is 1.94 bits per heavy atom. The number of hydrogen-bond acceptors (Lipinski definition) is 5. The molecule has 1 N–H and O–H groups in total. The predicted molar refractivity (Wildman–Crippen MR) is 74.2 cm³/mol. The summed E-state index contributed by atoms with van der Waals surface area (Å²) < 4.78 is 5.34. The van der Waals surface area contributed by atoms with Crippen molar-refractivity contribution in [3.8, 4) is 5.88 Å². The van der Waals surface area contributed by atoms with Crippen molar-refractivity contribution in [3.63, 3.8) is 0 Å². The van der Waals surface area contributed by atoms with Crippen LogP contribution in [-0.4, -0.2) is 42.8 Å². The Hall–Kier alpha value is -1.36. The second-order valence-corrected chi connectivity index (χ2v) is 4.07. The fourth-order valence-electron chi connectivity index (χ4n) is 1.58. The van der Waals surface area contributed by atoms with E-state index < -0.39 is 0 Å². The Labute approximate surface area is 110 Å². The van der Waals surface area contributed by atoms with Crippen molar-refractivity contribution in [2.75, 3.05) is 37.7 Å². The highest BCUT2D eigenvalue weighted by molar-refractivity contribution is 5.32. The SMILES string of the molecule is CCC.CCOc1ccnc(N2CCNCC2)n1. The lowest BCUT2D eigenvalue weighted by Gasteiger charge is -2.27. The van der Waals surface area contributed by atoms with Crippen LogP contribution in [0.2, 0.25) is 0 Å². The number of nitrogens with one attached hydrogen (secondary N) is 1. The third kappa shape index (κ3) is 4.87. The minimum Gasteiger partial charge on any atom is -0.478 e. The highest BCUT2D eigenvalue weighted by Crippen LogP contribution is 2.12. The first-order valence-corrected chi connectivity index (χ1v) is 6.73. The van der Waals surface area contributed by atoms with Gasteiger partial charge in [0.25, 0.3) is 0 Å². The van der Waals surface area contributed by atoms with E-state index in [1.54, 1.807) is 12.3 Å². The minimum atomic E-state index is 0.637. The number of rotatable bonds is 3. The maximum absolute atomic E-state index is 5.34. The van der Waals surface area contributed by atoms with E-state index in [2.05, 4.69) is 34.0 Å². The number of anilines is 1. The average Bonchev–Trinajstić information content (AvgIpc) is 2.41. The Bertz CT molecular complexity index is 327. The molecule has 0 aliphatic carbocycles. The zero-order valence-corrected chi connectivity index (χ0v) is 11.6. The van der Waals surface area contributed by atoms with E-state index in [1.165, 1.54) is 6.42 Å². The summed E-state index contributed by atoms with van der Waals surface area (Å²) in [6.45, 7) is 10.7. The summed E-state index contributed by atoms with van der Waals surface area (Å²) in [4.78, 5) is 10.8. The maximum Gasteiger partial charge on any atom is 0.228 e. The van der Waals surface area contributed by atoms with Crippen LogP contribution in [0.3, 0.4) is 0 Å². The summed E-state index contributed by atoms with van der Waals surface area (Å²) in [5.41, 5.74) is 0. The van der Waals surface area contributed by atoms with Gasteiger partial charge in [-0.3, -0.25) is 0 Å². The molecule has 0 aromatic carbocycles. The van der Waals surface area contributed by atoms with Crippen molar-refractivity contribution in [3.05, 3.63) is 12.3 Å². The number of nitrogens with zero attached hydrogens (tertiary/aromatic N) is 3. The second kappa shape index (κ2) is 8.69. The molecule has 1 saturated heterocycles. The minimum absolute atomic E-state index is 0.637. The number of ether oxygens (including phenoxy) is 1. The lowest BCUT2D eigenvalue weighted by atomic mass is 10.4. The predicted octanol–water partition coefficient (Wildman–Crippen LogP) is 1.70. The Kier molecular flexibility index (Phi) is 7.10. The number of piperazine rings is 1. The van der Waals surface area contributed by atoms with E-state index >= 15 is 0 Å². The highest BCUT2D eigenvalue weighted by Gasteiger charge is 2.13. The fourth-order valence-corrected chi connectivity index (χ4v) is 1.58. The van der Waals surface area contributed by atoms with E-state index in [4.69, 9.17) is 4.74 Å². The standard InChI is InChI=1S/C10H16N4O.C3H8/c1-2-15-9-3-4-12-10(13-9)14-7-5-11-6-8-14;1-3-2/h3-4,11H,2,5-8H2,1H3;3H2,1-2H3. The largest absolute Gasteiger partial charge is 0.478 e. The Morgan fingerprint density at radius 1 is 1.28 bits per heavy atom. The molecule has 1 fully saturated rings. The highest BCUT2D eigenvalue weighted by atomic mass is 16.5. The van der Waals surface area contributed by atoms with Gasteiger partial charge in [-0.25, -0.2) is 4.98 Å². The summed E-state index contributed by atoms with van der Waals surface area (Å²) >= 11 is 0. The van der Waals surface area contributed by atoms with Crippen molar-refractivity contribution >= 4 is 5.95 Å². The lowest BCUT2D eigenvalue weighted by molar-refractivity contribution is 0.326. The van der Waals surface area contributed by atoms with Crippen molar-refractivity contribution in [2.45, 2.75) is 27.2 Å². The normalized spacial score (nSPS) is 14.7. The zero-order valence-electron chi connectivity index (χ0n) is 11.6. The molecule has 0 amide bonds. The van der Waals surface area contributed by atoms with Gasteiger partial charge in [0.1, 0.15) is 0 Å². The summed E-state index contributed by atoms with van der Waals surface area (Å²) in [5.74, 6) is 1.42. The van der Waals surface area contributed by atoms with E-state index in [9.17, 15) is 0 Å². The van der Waals surface area contributed by atoms with Gasteiger partial charge in [0.2, 0.25) is 11.8 Å².